The van der Waals surface area contributed by atoms with Crippen molar-refractivity contribution in [1.29, 1.82) is 0 Å². The van der Waals surface area contributed by atoms with Crippen LogP contribution in [0.1, 0.15) is 11.1 Å². The molecule has 1 aromatic rings. The van der Waals surface area contributed by atoms with Crippen molar-refractivity contribution < 1.29 is 23.1 Å². The lowest BCUT2D eigenvalue weighted by Crippen LogP contribution is -2.12. The van der Waals surface area contributed by atoms with Gasteiger partial charge in [-0.3, -0.25) is 0 Å². The van der Waals surface area contributed by atoms with Crippen LogP contribution in [0.5, 0.6) is 0 Å². The highest BCUT2D eigenvalue weighted by Gasteiger charge is 2.32. The number of halogens is 3. The number of hydrogen-bond donors (Lipinski definition) is 1. The number of carboxylic acid groups (broad SMARTS) is 1. The summed E-state index contributed by atoms with van der Waals surface area (Å²) in [5.41, 5.74) is -0.319. The first-order valence-corrected chi connectivity index (χ1v) is 4.39. The van der Waals surface area contributed by atoms with Gasteiger partial charge in [0, 0.05) is 6.42 Å². The third-order valence-corrected chi connectivity index (χ3v) is 2.27. The first-order valence-electron chi connectivity index (χ1n) is 4.39. The highest BCUT2D eigenvalue weighted by molar-refractivity contribution is 6.37. The molecule has 0 saturated heterocycles. The number of rotatable bonds is 1. The van der Waals surface area contributed by atoms with Gasteiger partial charge in [-0.15, -0.1) is 0 Å². The molecule has 2 rings (SSSR count). The fourth-order valence-corrected chi connectivity index (χ4v) is 1.50. The van der Waals surface area contributed by atoms with Gasteiger partial charge in [-0.2, -0.15) is 13.2 Å². The molecule has 0 saturated carbocycles. The first kappa shape index (κ1) is 10.7. The number of benzene rings is 1. The lowest BCUT2D eigenvalue weighted by molar-refractivity contribution is -0.137. The molecule has 3 nitrogen and oxygen atoms in total. The maximum atomic E-state index is 12.4. The molecule has 16 heavy (non-hydrogen) atoms. The second kappa shape index (κ2) is 3.33. The van der Waals surface area contributed by atoms with Crippen LogP contribution in [0.4, 0.5) is 18.9 Å². The molecule has 1 N–H and O–H groups in total. The standard InChI is InChI=1S/C10H6F3NO2/c11-10(12,13)6-1-2-7-5(3-6)4-8(14-7)9(15)16/h1-3H,4H2,(H,15,16). The Morgan fingerprint density at radius 1 is 1.38 bits per heavy atom. The summed E-state index contributed by atoms with van der Waals surface area (Å²) in [4.78, 5) is 14.3. The predicted molar refractivity (Wildman–Crippen MR) is 49.9 cm³/mol. The van der Waals surface area contributed by atoms with Crippen LogP contribution in [0.15, 0.2) is 23.2 Å². The molecular weight excluding hydrogens is 223 g/mol. The summed E-state index contributed by atoms with van der Waals surface area (Å²) < 4.78 is 37.1. The molecule has 0 aromatic heterocycles. The normalized spacial score (nSPS) is 14.6. The molecule has 6 heteroatoms. The van der Waals surface area contributed by atoms with Gasteiger partial charge >= 0.3 is 12.1 Å². The van der Waals surface area contributed by atoms with Gasteiger partial charge in [0.25, 0.3) is 0 Å². The predicted octanol–water partition coefficient (Wildman–Crippen LogP) is 2.42. The van der Waals surface area contributed by atoms with Crippen LogP contribution >= 0.6 is 0 Å². The molecule has 1 heterocycles. The zero-order valence-electron chi connectivity index (χ0n) is 7.88. The van der Waals surface area contributed by atoms with E-state index in [1.807, 2.05) is 0 Å². The van der Waals surface area contributed by atoms with Crippen molar-refractivity contribution in [3.63, 3.8) is 0 Å². The zero-order chi connectivity index (χ0) is 11.9. The molecule has 1 aliphatic heterocycles. The van der Waals surface area contributed by atoms with Gasteiger partial charge in [-0.1, -0.05) is 0 Å². The fourth-order valence-electron chi connectivity index (χ4n) is 1.50. The molecule has 0 atom stereocenters. The zero-order valence-corrected chi connectivity index (χ0v) is 7.88. The molecule has 84 valence electrons. The average Bonchev–Trinajstić information content (AvgIpc) is 2.58. The Bertz CT molecular complexity index is 491. The number of nitrogens with zero attached hydrogens (tertiary/aromatic N) is 1. The molecule has 0 unspecified atom stereocenters. The second-order valence-corrected chi connectivity index (χ2v) is 3.38. The lowest BCUT2D eigenvalue weighted by atomic mass is 10.1. The molecule has 0 aliphatic carbocycles. The van der Waals surface area contributed by atoms with Crippen LogP contribution in [0, 0.1) is 0 Å². The Balaban J connectivity index is 2.37. The van der Waals surface area contributed by atoms with Crippen molar-refractivity contribution in [2.75, 3.05) is 0 Å². The Kier molecular flexibility index (Phi) is 2.22. The summed E-state index contributed by atoms with van der Waals surface area (Å²) in [6.07, 6.45) is -4.48. The van der Waals surface area contributed by atoms with E-state index in [2.05, 4.69) is 4.99 Å². The molecular formula is C10H6F3NO2. The monoisotopic (exact) mass is 229 g/mol. The van der Waals surface area contributed by atoms with Gasteiger partial charge in [0.05, 0.1) is 11.3 Å². The minimum Gasteiger partial charge on any atom is -0.477 e. The number of aliphatic imine (C=N–C) groups is 1. The molecule has 1 aliphatic rings. The van der Waals surface area contributed by atoms with Crippen molar-refractivity contribution in [2.45, 2.75) is 12.6 Å². The average molecular weight is 229 g/mol. The Hall–Kier alpha value is -1.85. The van der Waals surface area contributed by atoms with Crippen LogP contribution in [0.2, 0.25) is 0 Å². The number of aliphatic carboxylic acids is 1. The van der Waals surface area contributed by atoms with E-state index in [9.17, 15) is 18.0 Å². The van der Waals surface area contributed by atoms with Gasteiger partial charge in [-0.05, 0) is 23.8 Å². The van der Waals surface area contributed by atoms with Crippen molar-refractivity contribution in [2.24, 2.45) is 4.99 Å². The van der Waals surface area contributed by atoms with Crippen molar-refractivity contribution in [3.8, 4) is 0 Å². The summed E-state index contributed by atoms with van der Waals surface area (Å²) in [5.74, 6) is -1.20. The van der Waals surface area contributed by atoms with Gasteiger partial charge in [0.15, 0.2) is 0 Å². The Labute approximate surface area is 88.2 Å². The number of carbonyl (C=O) groups is 1. The van der Waals surface area contributed by atoms with Crippen molar-refractivity contribution >= 4 is 17.4 Å². The van der Waals surface area contributed by atoms with Gasteiger partial charge < -0.3 is 5.11 Å². The molecule has 0 amide bonds. The van der Waals surface area contributed by atoms with Crippen LogP contribution < -0.4 is 0 Å². The van der Waals surface area contributed by atoms with Crippen LogP contribution in [0.25, 0.3) is 0 Å². The number of alkyl halides is 3. The molecule has 0 radical (unpaired) electrons. The summed E-state index contributed by atoms with van der Waals surface area (Å²) in [6, 6.07) is 3.02. The van der Waals surface area contributed by atoms with E-state index >= 15 is 0 Å². The van der Waals surface area contributed by atoms with E-state index in [0.29, 0.717) is 11.3 Å². The quantitative estimate of drug-likeness (QED) is 0.803. The maximum absolute atomic E-state index is 12.4. The molecule has 0 fully saturated rings. The van der Waals surface area contributed by atoms with Gasteiger partial charge in [0.2, 0.25) is 0 Å². The largest absolute Gasteiger partial charge is 0.477 e. The smallest absolute Gasteiger partial charge is 0.416 e. The minimum atomic E-state index is -4.42. The molecule has 0 spiro atoms. The topological polar surface area (TPSA) is 49.7 Å². The van der Waals surface area contributed by atoms with E-state index in [0.717, 1.165) is 12.1 Å². The van der Waals surface area contributed by atoms with E-state index in [1.54, 1.807) is 0 Å². The third kappa shape index (κ3) is 1.78. The Morgan fingerprint density at radius 3 is 2.62 bits per heavy atom. The Morgan fingerprint density at radius 2 is 2.06 bits per heavy atom. The highest BCUT2D eigenvalue weighted by atomic mass is 19.4. The van der Waals surface area contributed by atoms with Crippen molar-refractivity contribution in [1.82, 2.24) is 0 Å². The van der Waals surface area contributed by atoms with E-state index < -0.39 is 17.7 Å². The fraction of sp³-hybridized carbons (Fsp3) is 0.200. The third-order valence-electron chi connectivity index (χ3n) is 2.27. The summed E-state index contributed by atoms with van der Waals surface area (Å²) in [5, 5.41) is 8.66. The van der Waals surface area contributed by atoms with Crippen LogP contribution in [-0.4, -0.2) is 16.8 Å². The molecule has 0 bridgehead atoms. The van der Waals surface area contributed by atoms with Crippen molar-refractivity contribution in [3.05, 3.63) is 29.3 Å². The summed E-state index contributed by atoms with van der Waals surface area (Å²) >= 11 is 0. The number of carboxylic acids is 1. The SMILES string of the molecule is O=C(O)C1=Nc2ccc(C(F)(F)F)cc2C1. The summed E-state index contributed by atoms with van der Waals surface area (Å²) in [7, 11) is 0. The molecule has 1 aromatic carbocycles. The summed E-state index contributed by atoms with van der Waals surface area (Å²) in [6.45, 7) is 0. The van der Waals surface area contributed by atoms with Gasteiger partial charge in [-0.25, -0.2) is 9.79 Å². The van der Waals surface area contributed by atoms with E-state index in [-0.39, 0.29) is 12.1 Å². The van der Waals surface area contributed by atoms with Crippen LogP contribution in [0.3, 0.4) is 0 Å². The lowest BCUT2D eigenvalue weighted by Gasteiger charge is -2.07. The van der Waals surface area contributed by atoms with E-state index in [4.69, 9.17) is 5.11 Å². The number of hydrogen-bond acceptors (Lipinski definition) is 2. The highest BCUT2D eigenvalue weighted by Crippen LogP contribution is 2.35. The van der Waals surface area contributed by atoms with Gasteiger partial charge in [0.1, 0.15) is 5.71 Å². The number of fused-ring (bicyclic) bond motifs is 1. The second-order valence-electron chi connectivity index (χ2n) is 3.38. The maximum Gasteiger partial charge on any atom is 0.416 e. The minimum absolute atomic E-state index is 0.0609. The van der Waals surface area contributed by atoms with Crippen LogP contribution in [-0.2, 0) is 17.4 Å². The van der Waals surface area contributed by atoms with E-state index in [1.165, 1.54) is 6.07 Å². The first-order chi connectivity index (χ1) is 7.38.